The molecule has 0 saturated carbocycles. The van der Waals surface area contributed by atoms with Crippen molar-refractivity contribution in [3.63, 3.8) is 0 Å². The van der Waals surface area contributed by atoms with Crippen LogP contribution in [0.5, 0.6) is 0 Å². The zero-order chi connectivity index (χ0) is 17.4. The lowest BCUT2D eigenvalue weighted by atomic mass is 9.96. The Morgan fingerprint density at radius 3 is 3.00 bits per heavy atom. The molecule has 0 spiro atoms. The van der Waals surface area contributed by atoms with Crippen LogP contribution in [0.4, 0.5) is 4.39 Å². The molecular weight excluding hydrogens is 325 g/mol. The van der Waals surface area contributed by atoms with Gasteiger partial charge in [-0.15, -0.1) is 0 Å². The second kappa shape index (κ2) is 6.55. The van der Waals surface area contributed by atoms with E-state index in [1.807, 2.05) is 6.92 Å². The Balaban J connectivity index is 1.49. The largest absolute Gasteiger partial charge is 0.461 e. The van der Waals surface area contributed by atoms with Gasteiger partial charge in [-0.3, -0.25) is 9.69 Å². The Kier molecular flexibility index (Phi) is 4.25. The number of benzene rings is 1. The number of nitrogens with zero attached hydrogens (tertiary/aromatic N) is 3. The minimum Gasteiger partial charge on any atom is -0.461 e. The van der Waals surface area contributed by atoms with Gasteiger partial charge in [-0.1, -0.05) is 17.3 Å². The van der Waals surface area contributed by atoms with Gasteiger partial charge in [0.05, 0.1) is 5.92 Å². The van der Waals surface area contributed by atoms with Crippen LogP contribution in [0, 0.1) is 5.82 Å². The van der Waals surface area contributed by atoms with Crippen LogP contribution in [0.25, 0.3) is 11.4 Å². The summed E-state index contributed by atoms with van der Waals surface area (Å²) in [6, 6.07) is 5.96. The van der Waals surface area contributed by atoms with Gasteiger partial charge in [0, 0.05) is 18.5 Å². The Bertz CT molecular complexity index is 778. The first-order valence-electron chi connectivity index (χ1n) is 8.64. The molecule has 0 radical (unpaired) electrons. The van der Waals surface area contributed by atoms with Crippen molar-refractivity contribution in [1.82, 2.24) is 15.0 Å². The van der Waals surface area contributed by atoms with E-state index in [2.05, 4.69) is 15.0 Å². The third-order valence-electron chi connectivity index (χ3n) is 4.91. The number of likely N-dealkylation sites (tertiary alicyclic amines) is 1. The third kappa shape index (κ3) is 3.28. The van der Waals surface area contributed by atoms with Crippen molar-refractivity contribution >= 4 is 5.97 Å². The molecule has 25 heavy (non-hydrogen) atoms. The highest BCUT2D eigenvalue weighted by atomic mass is 19.1. The van der Waals surface area contributed by atoms with Crippen molar-refractivity contribution in [2.24, 2.45) is 0 Å². The maximum absolute atomic E-state index is 13.4. The second-order valence-corrected chi connectivity index (χ2v) is 6.80. The Labute approximate surface area is 145 Å². The van der Waals surface area contributed by atoms with E-state index >= 15 is 0 Å². The molecule has 1 aromatic heterocycles. The van der Waals surface area contributed by atoms with E-state index in [1.165, 1.54) is 12.1 Å². The fourth-order valence-electron chi connectivity index (χ4n) is 3.67. The number of cyclic esters (lactones) is 1. The normalized spacial score (nSPS) is 27.4. The van der Waals surface area contributed by atoms with Crippen molar-refractivity contribution in [3.05, 3.63) is 36.0 Å². The average molecular weight is 345 g/mol. The lowest BCUT2D eigenvalue weighted by Gasteiger charge is -2.33. The molecule has 2 aliphatic heterocycles. The van der Waals surface area contributed by atoms with E-state index in [0.717, 1.165) is 25.8 Å². The zero-order valence-electron chi connectivity index (χ0n) is 14.0. The molecule has 1 aromatic carbocycles. The minimum atomic E-state index is -0.332. The molecule has 0 bridgehead atoms. The lowest BCUT2D eigenvalue weighted by Crippen LogP contribution is -2.44. The lowest BCUT2D eigenvalue weighted by molar-refractivity contribution is -0.145. The first-order valence-corrected chi connectivity index (χ1v) is 8.64. The molecule has 3 heterocycles. The van der Waals surface area contributed by atoms with Crippen LogP contribution in [0.1, 0.15) is 38.0 Å². The molecule has 3 atom stereocenters. The predicted octanol–water partition coefficient (Wildman–Crippen LogP) is 2.76. The van der Waals surface area contributed by atoms with Gasteiger partial charge in [0.25, 0.3) is 0 Å². The van der Waals surface area contributed by atoms with E-state index < -0.39 is 0 Å². The van der Waals surface area contributed by atoms with Gasteiger partial charge in [-0.2, -0.15) is 4.98 Å². The number of piperidine rings is 1. The highest BCUT2D eigenvalue weighted by Crippen LogP contribution is 2.31. The molecular formula is C18H20FN3O3. The topological polar surface area (TPSA) is 68.5 Å². The molecule has 6 nitrogen and oxygen atoms in total. The number of halogens is 1. The van der Waals surface area contributed by atoms with Crippen molar-refractivity contribution in [3.8, 4) is 11.4 Å². The molecule has 0 unspecified atom stereocenters. The van der Waals surface area contributed by atoms with Crippen LogP contribution < -0.4 is 0 Å². The smallest absolute Gasteiger partial charge is 0.323 e. The van der Waals surface area contributed by atoms with E-state index in [9.17, 15) is 9.18 Å². The molecule has 2 aliphatic rings. The summed E-state index contributed by atoms with van der Waals surface area (Å²) in [7, 11) is 0. The third-order valence-corrected chi connectivity index (χ3v) is 4.91. The molecule has 0 amide bonds. The molecule has 4 rings (SSSR count). The number of carbonyl (C=O) groups is 1. The van der Waals surface area contributed by atoms with Crippen LogP contribution in [-0.2, 0) is 9.53 Å². The minimum absolute atomic E-state index is 0.0270. The van der Waals surface area contributed by atoms with Gasteiger partial charge in [0.15, 0.2) is 0 Å². The highest BCUT2D eigenvalue weighted by Gasteiger charge is 2.39. The second-order valence-electron chi connectivity index (χ2n) is 6.80. The molecule has 2 aromatic rings. The van der Waals surface area contributed by atoms with Crippen LogP contribution >= 0.6 is 0 Å². The van der Waals surface area contributed by atoms with Gasteiger partial charge in [-0.25, -0.2) is 4.39 Å². The maximum atomic E-state index is 13.4. The first kappa shape index (κ1) is 16.2. The molecule has 132 valence electrons. The summed E-state index contributed by atoms with van der Waals surface area (Å²) in [6.07, 6.45) is 2.59. The Hall–Kier alpha value is -2.28. The molecule has 0 N–H and O–H groups in total. The van der Waals surface area contributed by atoms with Gasteiger partial charge in [0.2, 0.25) is 11.7 Å². The molecule has 0 aliphatic carbocycles. The first-order chi connectivity index (χ1) is 12.1. The summed E-state index contributed by atoms with van der Waals surface area (Å²) >= 11 is 0. The number of hydrogen-bond acceptors (Lipinski definition) is 6. The summed E-state index contributed by atoms with van der Waals surface area (Å²) in [6.45, 7) is 3.48. The van der Waals surface area contributed by atoms with Gasteiger partial charge in [-0.05, 0) is 38.4 Å². The van der Waals surface area contributed by atoms with E-state index in [-0.39, 0.29) is 29.9 Å². The number of carbonyl (C=O) groups excluding carboxylic acids is 1. The van der Waals surface area contributed by atoms with Crippen molar-refractivity contribution < 1.29 is 18.4 Å². The maximum Gasteiger partial charge on any atom is 0.323 e. The summed E-state index contributed by atoms with van der Waals surface area (Å²) in [5.74, 6) is 0.539. The summed E-state index contributed by atoms with van der Waals surface area (Å²) < 4.78 is 24.1. The SMILES string of the molecule is C[C@@H]1C[C@H](N2CCC[C@H](c3nc(-c4cccc(F)c4)no3)C2)C(=O)O1. The zero-order valence-corrected chi connectivity index (χ0v) is 14.0. The highest BCUT2D eigenvalue weighted by molar-refractivity contribution is 5.78. The summed E-state index contributed by atoms with van der Waals surface area (Å²) in [5.41, 5.74) is 0.593. The number of rotatable bonds is 3. The summed E-state index contributed by atoms with van der Waals surface area (Å²) in [5, 5.41) is 3.99. The number of aromatic nitrogens is 2. The quantitative estimate of drug-likeness (QED) is 0.797. The summed E-state index contributed by atoms with van der Waals surface area (Å²) in [4.78, 5) is 18.6. The standard InChI is InChI=1S/C18H20FN3O3/c1-11-8-15(18(23)24-11)22-7-3-5-13(10-22)17-20-16(21-25-17)12-4-2-6-14(19)9-12/h2,4,6,9,11,13,15H,3,5,7-8,10H2,1H3/t11-,13+,15+/m1/s1. The Morgan fingerprint density at radius 1 is 1.36 bits per heavy atom. The molecule has 2 fully saturated rings. The molecule has 2 saturated heterocycles. The molecule has 7 heteroatoms. The Morgan fingerprint density at radius 2 is 2.24 bits per heavy atom. The van der Waals surface area contributed by atoms with Gasteiger partial charge >= 0.3 is 5.97 Å². The van der Waals surface area contributed by atoms with Gasteiger partial charge in [0.1, 0.15) is 18.0 Å². The number of hydrogen-bond donors (Lipinski definition) is 0. The van der Waals surface area contributed by atoms with E-state index in [0.29, 0.717) is 23.8 Å². The fraction of sp³-hybridized carbons (Fsp3) is 0.500. The van der Waals surface area contributed by atoms with E-state index in [1.54, 1.807) is 12.1 Å². The predicted molar refractivity (Wildman–Crippen MR) is 87.2 cm³/mol. The van der Waals surface area contributed by atoms with Crippen LogP contribution in [0.2, 0.25) is 0 Å². The van der Waals surface area contributed by atoms with Crippen molar-refractivity contribution in [2.45, 2.75) is 44.2 Å². The van der Waals surface area contributed by atoms with Crippen LogP contribution in [0.3, 0.4) is 0 Å². The average Bonchev–Trinajstić information content (AvgIpc) is 3.22. The van der Waals surface area contributed by atoms with Crippen molar-refractivity contribution in [1.29, 1.82) is 0 Å². The number of esters is 1. The van der Waals surface area contributed by atoms with E-state index in [4.69, 9.17) is 9.26 Å². The van der Waals surface area contributed by atoms with Crippen LogP contribution in [-0.4, -0.2) is 46.2 Å². The van der Waals surface area contributed by atoms with Crippen LogP contribution in [0.15, 0.2) is 28.8 Å². The fourth-order valence-corrected chi connectivity index (χ4v) is 3.67. The van der Waals surface area contributed by atoms with Gasteiger partial charge < -0.3 is 9.26 Å². The van der Waals surface area contributed by atoms with Crippen molar-refractivity contribution in [2.75, 3.05) is 13.1 Å². The number of ether oxygens (including phenoxy) is 1. The monoisotopic (exact) mass is 345 g/mol.